The first-order chi connectivity index (χ1) is 8.86. The van der Waals surface area contributed by atoms with Gasteiger partial charge in [0.15, 0.2) is 0 Å². The predicted octanol–water partition coefficient (Wildman–Crippen LogP) is 2.39. The van der Waals surface area contributed by atoms with E-state index in [2.05, 4.69) is 5.32 Å². The van der Waals surface area contributed by atoms with E-state index >= 15 is 0 Å². The van der Waals surface area contributed by atoms with Gasteiger partial charge in [-0.1, -0.05) is 0 Å². The van der Waals surface area contributed by atoms with Crippen molar-refractivity contribution >= 4 is 11.3 Å². The predicted molar refractivity (Wildman–Crippen MR) is 72.0 cm³/mol. The summed E-state index contributed by atoms with van der Waals surface area (Å²) in [6.07, 6.45) is 8.73. The number of fused-ring (bicyclic) bond motifs is 1. The Kier molecular flexibility index (Phi) is 2.71. The van der Waals surface area contributed by atoms with Crippen LogP contribution in [0, 0.1) is 0 Å². The molecule has 0 radical (unpaired) electrons. The number of hydrogen-bond donors (Lipinski definition) is 1. The molecule has 98 valence electrons. The molecule has 2 aliphatic carbocycles. The van der Waals surface area contributed by atoms with Crippen LogP contribution in [-0.4, -0.2) is 24.2 Å². The maximum Gasteiger partial charge on any atom is 0.116 e. The number of rotatable bonds is 3. The highest BCUT2D eigenvalue weighted by Gasteiger charge is 2.42. The normalized spacial score (nSPS) is 31.6. The molecule has 0 amide bonds. The van der Waals surface area contributed by atoms with Crippen molar-refractivity contribution in [2.75, 3.05) is 13.2 Å². The van der Waals surface area contributed by atoms with Gasteiger partial charge in [-0.15, -0.1) is 11.3 Å². The lowest BCUT2D eigenvalue weighted by molar-refractivity contribution is 0.0169. The molecule has 3 nitrogen and oxygen atoms in total. The molecule has 18 heavy (non-hydrogen) atoms. The quantitative estimate of drug-likeness (QED) is 0.910. The number of ether oxygens (including phenoxy) is 1. The number of thiazole rings is 1. The van der Waals surface area contributed by atoms with Gasteiger partial charge < -0.3 is 10.1 Å². The molecule has 0 bridgehead atoms. The smallest absolute Gasteiger partial charge is 0.116 e. The second kappa shape index (κ2) is 4.29. The molecule has 3 aliphatic rings. The van der Waals surface area contributed by atoms with Crippen LogP contribution in [-0.2, 0) is 23.1 Å². The van der Waals surface area contributed by atoms with Gasteiger partial charge in [0.05, 0.1) is 17.8 Å². The molecule has 1 saturated heterocycles. The van der Waals surface area contributed by atoms with Gasteiger partial charge >= 0.3 is 0 Å². The topological polar surface area (TPSA) is 34.2 Å². The van der Waals surface area contributed by atoms with Crippen LogP contribution in [0.1, 0.15) is 47.7 Å². The highest BCUT2D eigenvalue weighted by Crippen LogP contribution is 2.39. The third-order valence-corrected chi connectivity index (χ3v) is 5.67. The first-order valence-electron chi connectivity index (χ1n) is 7.20. The zero-order valence-electron chi connectivity index (χ0n) is 10.7. The summed E-state index contributed by atoms with van der Waals surface area (Å²) in [7, 11) is 0. The van der Waals surface area contributed by atoms with Gasteiger partial charge in [-0.2, -0.15) is 0 Å². The molecule has 1 saturated carbocycles. The largest absolute Gasteiger partial charge is 0.379 e. The van der Waals surface area contributed by atoms with E-state index in [4.69, 9.17) is 9.72 Å². The summed E-state index contributed by atoms with van der Waals surface area (Å²) in [6.45, 7) is 1.73. The van der Waals surface area contributed by atoms with Crippen LogP contribution in [0.2, 0.25) is 0 Å². The van der Waals surface area contributed by atoms with Crippen molar-refractivity contribution < 1.29 is 4.74 Å². The van der Waals surface area contributed by atoms with E-state index in [0.717, 1.165) is 19.6 Å². The minimum absolute atomic E-state index is 0.0361. The third kappa shape index (κ3) is 1.91. The van der Waals surface area contributed by atoms with Gasteiger partial charge in [-0.25, -0.2) is 4.98 Å². The molecule has 4 rings (SSSR count). The second-order valence-electron chi connectivity index (χ2n) is 5.90. The van der Waals surface area contributed by atoms with E-state index in [1.807, 2.05) is 11.3 Å². The first kappa shape index (κ1) is 11.4. The van der Waals surface area contributed by atoms with Gasteiger partial charge in [-0.05, 0) is 44.9 Å². The van der Waals surface area contributed by atoms with Gasteiger partial charge in [0, 0.05) is 17.5 Å². The monoisotopic (exact) mass is 264 g/mol. The Morgan fingerprint density at radius 1 is 1.28 bits per heavy atom. The fraction of sp³-hybridized carbons (Fsp3) is 0.786. The molecule has 2 heterocycles. The molecule has 4 heteroatoms. The average Bonchev–Trinajstić information content (AvgIpc) is 2.92. The number of aryl methyl sites for hydroxylation is 2. The third-order valence-electron chi connectivity index (χ3n) is 4.30. The van der Waals surface area contributed by atoms with Crippen molar-refractivity contribution in [1.29, 1.82) is 0 Å². The number of nitrogens with zero attached hydrogens (tertiary/aromatic N) is 1. The molecule has 0 spiro atoms. The SMILES string of the molecule is C1Cc2nc(C3(NC4CC4)CCCOC3)sc2C1. The summed E-state index contributed by atoms with van der Waals surface area (Å²) in [6, 6.07) is 0.713. The van der Waals surface area contributed by atoms with Crippen LogP contribution in [0.5, 0.6) is 0 Å². The maximum atomic E-state index is 5.77. The Labute approximate surface area is 112 Å². The Hall–Kier alpha value is -0.450. The van der Waals surface area contributed by atoms with Crippen molar-refractivity contribution in [2.45, 2.75) is 56.5 Å². The van der Waals surface area contributed by atoms with Gasteiger partial charge in [-0.3, -0.25) is 0 Å². The highest BCUT2D eigenvalue weighted by atomic mass is 32.1. The van der Waals surface area contributed by atoms with Crippen molar-refractivity contribution in [1.82, 2.24) is 10.3 Å². The van der Waals surface area contributed by atoms with E-state index in [9.17, 15) is 0 Å². The van der Waals surface area contributed by atoms with Gasteiger partial charge in [0.2, 0.25) is 0 Å². The molecule has 1 aromatic rings. The van der Waals surface area contributed by atoms with Crippen LogP contribution in [0.25, 0.3) is 0 Å². The zero-order chi connectivity index (χ0) is 12.0. The zero-order valence-corrected chi connectivity index (χ0v) is 11.5. The van der Waals surface area contributed by atoms with E-state index < -0.39 is 0 Å². The summed E-state index contributed by atoms with van der Waals surface area (Å²) in [5, 5.41) is 5.14. The van der Waals surface area contributed by atoms with Crippen LogP contribution >= 0.6 is 11.3 Å². The fourth-order valence-electron chi connectivity index (χ4n) is 3.15. The molecular weight excluding hydrogens is 244 g/mol. The lowest BCUT2D eigenvalue weighted by Gasteiger charge is -2.36. The Morgan fingerprint density at radius 2 is 2.22 bits per heavy atom. The summed E-state index contributed by atoms with van der Waals surface area (Å²) < 4.78 is 5.77. The minimum Gasteiger partial charge on any atom is -0.379 e. The van der Waals surface area contributed by atoms with Crippen LogP contribution in [0.4, 0.5) is 0 Å². The molecule has 1 unspecified atom stereocenters. The van der Waals surface area contributed by atoms with Crippen LogP contribution < -0.4 is 5.32 Å². The molecule has 2 fully saturated rings. The molecule has 1 atom stereocenters. The number of hydrogen-bond acceptors (Lipinski definition) is 4. The highest BCUT2D eigenvalue weighted by molar-refractivity contribution is 7.12. The Balaban J connectivity index is 1.66. The first-order valence-corrected chi connectivity index (χ1v) is 8.02. The van der Waals surface area contributed by atoms with Crippen molar-refractivity contribution in [2.24, 2.45) is 0 Å². The second-order valence-corrected chi connectivity index (χ2v) is 6.98. The molecule has 1 N–H and O–H groups in total. The van der Waals surface area contributed by atoms with Crippen molar-refractivity contribution in [3.63, 3.8) is 0 Å². The van der Waals surface area contributed by atoms with E-state index in [0.29, 0.717) is 6.04 Å². The summed E-state index contributed by atoms with van der Waals surface area (Å²) in [5.41, 5.74) is 1.41. The molecule has 0 aromatic carbocycles. The number of aromatic nitrogens is 1. The maximum absolute atomic E-state index is 5.77. The minimum atomic E-state index is 0.0361. The van der Waals surface area contributed by atoms with Crippen LogP contribution in [0.15, 0.2) is 0 Å². The average molecular weight is 264 g/mol. The summed E-state index contributed by atoms with van der Waals surface area (Å²) in [5.74, 6) is 0. The standard InChI is InChI=1S/C14H20N2OS/c1-3-11-12(4-1)18-13(15-11)14(16-10-5-6-10)7-2-8-17-9-14/h10,16H,1-9H2. The fourth-order valence-corrected chi connectivity index (χ4v) is 4.47. The Morgan fingerprint density at radius 3 is 2.94 bits per heavy atom. The molecule has 1 aromatic heterocycles. The summed E-state index contributed by atoms with van der Waals surface area (Å²) >= 11 is 1.94. The van der Waals surface area contributed by atoms with E-state index in [-0.39, 0.29) is 5.54 Å². The van der Waals surface area contributed by atoms with E-state index in [1.54, 1.807) is 0 Å². The summed E-state index contributed by atoms with van der Waals surface area (Å²) in [4.78, 5) is 6.48. The lowest BCUT2D eigenvalue weighted by Crippen LogP contribution is -2.49. The van der Waals surface area contributed by atoms with Gasteiger partial charge in [0.1, 0.15) is 5.01 Å². The van der Waals surface area contributed by atoms with Crippen molar-refractivity contribution in [3.8, 4) is 0 Å². The van der Waals surface area contributed by atoms with Crippen LogP contribution in [0.3, 0.4) is 0 Å². The van der Waals surface area contributed by atoms with Gasteiger partial charge in [0.25, 0.3) is 0 Å². The number of nitrogens with one attached hydrogen (secondary N) is 1. The van der Waals surface area contributed by atoms with Crippen molar-refractivity contribution in [3.05, 3.63) is 15.6 Å². The molecular formula is C14H20N2OS. The molecule has 1 aliphatic heterocycles. The Bertz CT molecular complexity index is 425. The van der Waals surface area contributed by atoms with E-state index in [1.165, 1.54) is 54.1 Å². The lowest BCUT2D eigenvalue weighted by atomic mass is 9.93.